The minimum Gasteiger partial charge on any atom is -0.462 e. The number of hydrogen-bond donors (Lipinski definition) is 0. The third-order valence-electron chi connectivity index (χ3n) is 2.71. The van der Waals surface area contributed by atoms with Gasteiger partial charge in [-0.3, -0.25) is 4.99 Å². The van der Waals surface area contributed by atoms with Crippen molar-refractivity contribution in [2.24, 2.45) is 4.99 Å². The molecule has 108 valence electrons. The van der Waals surface area contributed by atoms with E-state index in [1.54, 1.807) is 49.5 Å². The normalized spacial score (nSPS) is 10.8. The maximum Gasteiger partial charge on any atom is 0.338 e. The number of halogens is 2. The van der Waals surface area contributed by atoms with E-state index in [-0.39, 0.29) is 5.97 Å². The second-order valence-electron chi connectivity index (χ2n) is 4.16. The summed E-state index contributed by atoms with van der Waals surface area (Å²) in [6, 6.07) is 12.1. The van der Waals surface area contributed by atoms with Gasteiger partial charge in [-0.25, -0.2) is 4.79 Å². The van der Waals surface area contributed by atoms with Crippen molar-refractivity contribution in [1.29, 1.82) is 0 Å². The molecule has 5 heteroatoms. The lowest BCUT2D eigenvalue weighted by Crippen LogP contribution is -2.07. The Morgan fingerprint density at radius 1 is 1.24 bits per heavy atom. The van der Waals surface area contributed by atoms with Gasteiger partial charge in [-0.05, 0) is 31.2 Å². The predicted octanol–water partition coefficient (Wildman–Crippen LogP) is 4.92. The SMILES string of the molecule is CCOC(=O)c1ccccc1/C=N\c1cc(Cl)ccc1Cl. The number of hydrogen-bond acceptors (Lipinski definition) is 3. The lowest BCUT2D eigenvalue weighted by molar-refractivity contribution is 0.0526. The van der Waals surface area contributed by atoms with Crippen LogP contribution in [0.4, 0.5) is 5.69 Å². The number of esters is 1. The molecule has 0 unspecified atom stereocenters. The number of benzene rings is 2. The van der Waals surface area contributed by atoms with Crippen LogP contribution in [0.2, 0.25) is 10.0 Å². The van der Waals surface area contributed by atoms with E-state index in [4.69, 9.17) is 27.9 Å². The summed E-state index contributed by atoms with van der Waals surface area (Å²) in [6.45, 7) is 2.09. The molecule has 0 amide bonds. The van der Waals surface area contributed by atoms with Gasteiger partial charge in [0.05, 0.1) is 22.9 Å². The topological polar surface area (TPSA) is 38.7 Å². The van der Waals surface area contributed by atoms with Gasteiger partial charge in [-0.1, -0.05) is 41.4 Å². The number of aliphatic imine (C=N–C) groups is 1. The fraction of sp³-hybridized carbons (Fsp3) is 0.125. The van der Waals surface area contributed by atoms with Gasteiger partial charge in [0, 0.05) is 16.8 Å². The van der Waals surface area contributed by atoms with E-state index >= 15 is 0 Å². The Hall–Kier alpha value is -1.84. The van der Waals surface area contributed by atoms with Crippen LogP contribution in [0.25, 0.3) is 0 Å². The van der Waals surface area contributed by atoms with Crippen LogP contribution in [0.1, 0.15) is 22.8 Å². The summed E-state index contributed by atoms with van der Waals surface area (Å²) >= 11 is 12.0. The van der Waals surface area contributed by atoms with Crippen molar-refractivity contribution < 1.29 is 9.53 Å². The monoisotopic (exact) mass is 321 g/mol. The molecule has 0 spiro atoms. The summed E-state index contributed by atoms with van der Waals surface area (Å²) < 4.78 is 5.02. The van der Waals surface area contributed by atoms with Crippen molar-refractivity contribution in [3.05, 3.63) is 63.6 Å². The average Bonchev–Trinajstić information content (AvgIpc) is 2.49. The molecule has 3 nitrogen and oxygen atoms in total. The van der Waals surface area contributed by atoms with Crippen molar-refractivity contribution >= 4 is 41.1 Å². The van der Waals surface area contributed by atoms with E-state index in [1.807, 2.05) is 6.07 Å². The zero-order valence-electron chi connectivity index (χ0n) is 11.3. The van der Waals surface area contributed by atoms with Gasteiger partial charge >= 0.3 is 5.97 Å². The number of rotatable bonds is 4. The number of nitrogens with zero attached hydrogens (tertiary/aromatic N) is 1. The Balaban J connectivity index is 2.33. The smallest absolute Gasteiger partial charge is 0.338 e. The van der Waals surface area contributed by atoms with Crippen LogP contribution in [0.15, 0.2) is 47.5 Å². The van der Waals surface area contributed by atoms with Crippen molar-refractivity contribution in [3.8, 4) is 0 Å². The molecular formula is C16H13Cl2NO2. The van der Waals surface area contributed by atoms with Crippen molar-refractivity contribution in [2.75, 3.05) is 6.61 Å². The Morgan fingerprint density at radius 2 is 2.00 bits per heavy atom. The molecule has 2 rings (SSSR count). The minimum atomic E-state index is -0.378. The first-order valence-electron chi connectivity index (χ1n) is 6.37. The molecule has 0 aliphatic heterocycles. The van der Waals surface area contributed by atoms with E-state index < -0.39 is 0 Å². The van der Waals surface area contributed by atoms with Crippen LogP contribution >= 0.6 is 23.2 Å². The van der Waals surface area contributed by atoms with Crippen LogP contribution in [0.3, 0.4) is 0 Å². The lowest BCUT2D eigenvalue weighted by atomic mass is 10.1. The molecule has 0 fully saturated rings. The molecule has 0 saturated carbocycles. The van der Waals surface area contributed by atoms with Gasteiger partial charge < -0.3 is 4.74 Å². The van der Waals surface area contributed by atoms with Crippen LogP contribution in [-0.2, 0) is 4.74 Å². The molecule has 0 heterocycles. The minimum absolute atomic E-state index is 0.324. The molecular weight excluding hydrogens is 309 g/mol. The van der Waals surface area contributed by atoms with E-state index in [9.17, 15) is 4.79 Å². The molecule has 0 aliphatic rings. The Morgan fingerprint density at radius 3 is 2.76 bits per heavy atom. The summed E-state index contributed by atoms with van der Waals surface area (Å²) in [4.78, 5) is 16.2. The first-order valence-corrected chi connectivity index (χ1v) is 7.12. The van der Waals surface area contributed by atoms with Crippen molar-refractivity contribution in [3.63, 3.8) is 0 Å². The standard InChI is InChI=1S/C16H13Cl2NO2/c1-2-21-16(20)13-6-4-3-5-11(13)10-19-15-9-12(17)7-8-14(15)18/h3-10H,2H2,1H3/b19-10-. The van der Waals surface area contributed by atoms with Crippen LogP contribution in [0, 0.1) is 0 Å². The summed E-state index contributed by atoms with van der Waals surface area (Å²) in [7, 11) is 0. The molecule has 0 radical (unpaired) electrons. The highest BCUT2D eigenvalue weighted by molar-refractivity contribution is 6.35. The molecule has 0 atom stereocenters. The third-order valence-corrected chi connectivity index (χ3v) is 3.26. The molecule has 0 bridgehead atoms. The van der Waals surface area contributed by atoms with Crippen molar-refractivity contribution in [1.82, 2.24) is 0 Å². The summed E-state index contributed by atoms with van der Waals surface area (Å²) in [6.07, 6.45) is 1.57. The van der Waals surface area contributed by atoms with E-state index in [0.29, 0.717) is 33.5 Å². The van der Waals surface area contributed by atoms with E-state index in [0.717, 1.165) is 0 Å². The van der Waals surface area contributed by atoms with Gasteiger partial charge in [-0.15, -0.1) is 0 Å². The summed E-state index contributed by atoms with van der Waals surface area (Å²) in [5.41, 5.74) is 1.66. The maximum atomic E-state index is 11.9. The first-order chi connectivity index (χ1) is 10.1. The number of carbonyl (C=O) groups is 1. The van der Waals surface area contributed by atoms with Gasteiger partial charge in [0.2, 0.25) is 0 Å². The van der Waals surface area contributed by atoms with Gasteiger partial charge in [-0.2, -0.15) is 0 Å². The summed E-state index contributed by atoms with van der Waals surface area (Å²) in [5, 5.41) is 1.04. The van der Waals surface area contributed by atoms with Gasteiger partial charge in [0.25, 0.3) is 0 Å². The highest BCUT2D eigenvalue weighted by Crippen LogP contribution is 2.28. The zero-order chi connectivity index (χ0) is 15.2. The Kier molecular flexibility index (Phi) is 5.37. The molecule has 2 aromatic rings. The van der Waals surface area contributed by atoms with Gasteiger partial charge in [0.15, 0.2) is 0 Å². The number of carbonyl (C=O) groups excluding carboxylic acids is 1. The van der Waals surface area contributed by atoms with Crippen LogP contribution in [-0.4, -0.2) is 18.8 Å². The highest BCUT2D eigenvalue weighted by Gasteiger charge is 2.10. The van der Waals surface area contributed by atoms with Crippen molar-refractivity contribution in [2.45, 2.75) is 6.92 Å². The molecule has 0 aliphatic carbocycles. The summed E-state index contributed by atoms with van der Waals surface area (Å²) in [5.74, 6) is -0.378. The molecule has 21 heavy (non-hydrogen) atoms. The quantitative estimate of drug-likeness (QED) is 0.592. The van der Waals surface area contributed by atoms with Gasteiger partial charge in [0.1, 0.15) is 0 Å². The first kappa shape index (κ1) is 15.5. The van der Waals surface area contributed by atoms with Crippen LogP contribution < -0.4 is 0 Å². The number of ether oxygens (including phenoxy) is 1. The average molecular weight is 322 g/mol. The fourth-order valence-corrected chi connectivity index (χ4v) is 2.06. The Labute approximate surface area is 133 Å². The second-order valence-corrected chi connectivity index (χ2v) is 5.01. The molecule has 0 saturated heterocycles. The van der Waals surface area contributed by atoms with E-state index in [2.05, 4.69) is 4.99 Å². The Bertz CT molecular complexity index is 684. The molecule has 0 aromatic heterocycles. The third kappa shape index (κ3) is 4.06. The van der Waals surface area contributed by atoms with Crippen LogP contribution in [0.5, 0.6) is 0 Å². The fourth-order valence-electron chi connectivity index (χ4n) is 1.73. The highest BCUT2D eigenvalue weighted by atomic mass is 35.5. The largest absolute Gasteiger partial charge is 0.462 e. The second kappa shape index (κ2) is 7.25. The van der Waals surface area contributed by atoms with E-state index in [1.165, 1.54) is 0 Å². The molecule has 0 N–H and O–H groups in total. The molecule has 2 aromatic carbocycles. The maximum absolute atomic E-state index is 11.9. The lowest BCUT2D eigenvalue weighted by Gasteiger charge is -2.05. The zero-order valence-corrected chi connectivity index (χ0v) is 12.9. The predicted molar refractivity (Wildman–Crippen MR) is 86.1 cm³/mol.